The molecule has 1 aliphatic rings. The fourth-order valence-electron chi connectivity index (χ4n) is 3.74. The van der Waals surface area contributed by atoms with Gasteiger partial charge in [0.25, 0.3) is 0 Å². The van der Waals surface area contributed by atoms with E-state index < -0.39 is 0 Å². The summed E-state index contributed by atoms with van der Waals surface area (Å²) in [6.45, 7) is 10.4. The number of halogens is 1. The zero-order chi connectivity index (χ0) is 21.8. The van der Waals surface area contributed by atoms with Crippen molar-refractivity contribution >= 4 is 34.6 Å². The summed E-state index contributed by atoms with van der Waals surface area (Å²) in [5, 5.41) is 13.8. The predicted octanol–water partition coefficient (Wildman–Crippen LogP) is 3.62. The lowest BCUT2D eigenvalue weighted by Gasteiger charge is -2.36. The largest absolute Gasteiger partial charge is 0.346 e. The van der Waals surface area contributed by atoms with E-state index >= 15 is 0 Å². The number of aryl methyl sites for hydroxylation is 2. The molecule has 1 N–H and O–H groups in total. The van der Waals surface area contributed by atoms with Crippen molar-refractivity contribution in [1.29, 1.82) is 0 Å². The highest BCUT2D eigenvalue weighted by atomic mass is 35.5. The first-order chi connectivity index (χ1) is 15.0. The normalized spacial score (nSPS) is 14.7. The van der Waals surface area contributed by atoms with Crippen molar-refractivity contribution in [3.8, 4) is 0 Å². The summed E-state index contributed by atoms with van der Waals surface area (Å²) in [5.41, 5.74) is 4.36. The minimum atomic E-state index is 0.626. The number of nitrogens with one attached hydrogen (secondary N) is 1. The number of hydrogen-bond donors (Lipinski definition) is 1. The Labute approximate surface area is 193 Å². The van der Waals surface area contributed by atoms with E-state index in [4.69, 9.17) is 23.8 Å². The van der Waals surface area contributed by atoms with Crippen molar-refractivity contribution in [3.63, 3.8) is 0 Å². The number of rotatable bonds is 6. The van der Waals surface area contributed by atoms with Gasteiger partial charge in [-0.1, -0.05) is 29.8 Å². The second kappa shape index (κ2) is 9.80. The van der Waals surface area contributed by atoms with E-state index in [0.717, 1.165) is 66.3 Å². The first kappa shape index (κ1) is 21.8. The van der Waals surface area contributed by atoms with Crippen LogP contribution in [0.1, 0.15) is 23.7 Å². The van der Waals surface area contributed by atoms with Crippen LogP contribution in [0.2, 0.25) is 5.02 Å². The molecule has 31 heavy (non-hydrogen) atoms. The van der Waals surface area contributed by atoms with Gasteiger partial charge in [-0.25, -0.2) is 0 Å². The molecule has 0 aliphatic carbocycles. The van der Waals surface area contributed by atoms with E-state index in [-0.39, 0.29) is 0 Å². The van der Waals surface area contributed by atoms with Crippen LogP contribution in [0.25, 0.3) is 0 Å². The van der Waals surface area contributed by atoms with Crippen molar-refractivity contribution in [2.75, 3.05) is 31.5 Å². The van der Waals surface area contributed by atoms with Gasteiger partial charge in [-0.15, -0.1) is 0 Å². The highest BCUT2D eigenvalue weighted by Crippen LogP contribution is 2.17. The van der Waals surface area contributed by atoms with Gasteiger partial charge >= 0.3 is 0 Å². The van der Waals surface area contributed by atoms with Crippen LogP contribution in [0.4, 0.5) is 5.69 Å². The minimum absolute atomic E-state index is 0.626. The van der Waals surface area contributed by atoms with Crippen molar-refractivity contribution in [2.45, 2.75) is 33.5 Å². The Bertz CT molecular complexity index is 1040. The first-order valence-electron chi connectivity index (χ1n) is 10.6. The number of benzene rings is 1. The van der Waals surface area contributed by atoms with Crippen LogP contribution in [-0.2, 0) is 19.6 Å². The molecule has 0 radical (unpaired) electrons. The molecule has 1 aromatic carbocycles. The Morgan fingerprint density at radius 2 is 1.84 bits per heavy atom. The lowest BCUT2D eigenvalue weighted by Crippen LogP contribution is -2.49. The van der Waals surface area contributed by atoms with Gasteiger partial charge in [0.1, 0.15) is 0 Å². The average Bonchev–Trinajstić information content (AvgIpc) is 3.36. The number of thiocarbonyl (C=S) groups is 1. The molecule has 0 atom stereocenters. The third-order valence-corrected chi connectivity index (χ3v) is 6.33. The maximum Gasteiger partial charge on any atom is 0.173 e. The molecule has 3 aromatic rings. The third kappa shape index (κ3) is 5.44. The van der Waals surface area contributed by atoms with Gasteiger partial charge in [0, 0.05) is 62.2 Å². The third-order valence-electron chi connectivity index (χ3n) is 5.60. The molecule has 0 bridgehead atoms. The number of nitrogens with zero attached hydrogens (tertiary/aromatic N) is 6. The van der Waals surface area contributed by atoms with E-state index in [1.54, 1.807) is 6.20 Å². The summed E-state index contributed by atoms with van der Waals surface area (Å²) in [6.07, 6.45) is 5.92. The van der Waals surface area contributed by atoms with Crippen LogP contribution in [0.3, 0.4) is 0 Å². The van der Waals surface area contributed by atoms with Gasteiger partial charge in [-0.3, -0.25) is 14.3 Å². The second-order valence-electron chi connectivity index (χ2n) is 7.81. The molecular formula is C22H28ClN7S. The molecule has 1 saturated heterocycles. The van der Waals surface area contributed by atoms with Crippen molar-refractivity contribution in [2.24, 2.45) is 0 Å². The monoisotopic (exact) mass is 457 g/mol. The van der Waals surface area contributed by atoms with Crippen LogP contribution < -0.4 is 5.32 Å². The summed E-state index contributed by atoms with van der Waals surface area (Å²) in [5.74, 6) is 0. The number of anilines is 1. The summed E-state index contributed by atoms with van der Waals surface area (Å²) >= 11 is 11.9. The molecule has 0 unspecified atom stereocenters. The zero-order valence-electron chi connectivity index (χ0n) is 18.0. The summed E-state index contributed by atoms with van der Waals surface area (Å²) in [4.78, 5) is 4.68. The molecule has 2 aromatic heterocycles. The molecule has 164 valence electrons. The van der Waals surface area contributed by atoms with Gasteiger partial charge in [0.2, 0.25) is 0 Å². The van der Waals surface area contributed by atoms with Gasteiger partial charge < -0.3 is 10.2 Å². The van der Waals surface area contributed by atoms with E-state index in [9.17, 15) is 0 Å². The minimum Gasteiger partial charge on any atom is -0.346 e. The zero-order valence-corrected chi connectivity index (χ0v) is 19.5. The van der Waals surface area contributed by atoms with Crippen LogP contribution >= 0.6 is 23.8 Å². The SMILES string of the molecule is CCn1cc(CN2CCN(C(=S)Nc3cnn(Cc4ccccc4Cl)c3)CC2)c(C)n1. The Morgan fingerprint density at radius 1 is 1.06 bits per heavy atom. The molecule has 4 rings (SSSR count). The fraction of sp³-hybridized carbons (Fsp3) is 0.409. The van der Waals surface area contributed by atoms with Crippen molar-refractivity contribution < 1.29 is 0 Å². The number of piperazine rings is 1. The molecule has 9 heteroatoms. The summed E-state index contributed by atoms with van der Waals surface area (Å²) in [7, 11) is 0. The Balaban J connectivity index is 1.27. The smallest absolute Gasteiger partial charge is 0.173 e. The van der Waals surface area contributed by atoms with E-state index in [1.165, 1.54) is 5.56 Å². The molecule has 3 heterocycles. The van der Waals surface area contributed by atoms with Gasteiger partial charge in [0.05, 0.1) is 24.1 Å². The summed E-state index contributed by atoms with van der Waals surface area (Å²) < 4.78 is 3.87. The van der Waals surface area contributed by atoms with Crippen molar-refractivity contribution in [1.82, 2.24) is 29.4 Å². The quantitative estimate of drug-likeness (QED) is 0.570. The molecule has 1 aliphatic heterocycles. The van der Waals surface area contributed by atoms with E-state index in [1.807, 2.05) is 39.8 Å². The Morgan fingerprint density at radius 3 is 2.55 bits per heavy atom. The molecule has 1 fully saturated rings. The van der Waals surface area contributed by atoms with Gasteiger partial charge in [0.15, 0.2) is 5.11 Å². The topological polar surface area (TPSA) is 54.1 Å². The van der Waals surface area contributed by atoms with Gasteiger partial charge in [-0.2, -0.15) is 10.2 Å². The first-order valence-corrected chi connectivity index (χ1v) is 11.4. The Hall–Kier alpha value is -2.42. The highest BCUT2D eigenvalue weighted by Gasteiger charge is 2.20. The fourth-order valence-corrected chi connectivity index (χ4v) is 4.24. The predicted molar refractivity (Wildman–Crippen MR) is 128 cm³/mol. The molecule has 0 spiro atoms. The van der Waals surface area contributed by atoms with Crippen LogP contribution in [-0.4, -0.2) is 60.7 Å². The molecule has 0 saturated carbocycles. The molecular weight excluding hydrogens is 430 g/mol. The van der Waals surface area contributed by atoms with Crippen molar-refractivity contribution in [3.05, 3.63) is 64.7 Å². The number of hydrogen-bond acceptors (Lipinski definition) is 4. The average molecular weight is 458 g/mol. The van der Waals surface area contributed by atoms with E-state index in [2.05, 4.69) is 45.4 Å². The lowest BCUT2D eigenvalue weighted by molar-refractivity contribution is 0.176. The second-order valence-corrected chi connectivity index (χ2v) is 8.60. The highest BCUT2D eigenvalue weighted by molar-refractivity contribution is 7.80. The molecule has 0 amide bonds. The van der Waals surface area contributed by atoms with Gasteiger partial charge in [-0.05, 0) is 37.7 Å². The maximum atomic E-state index is 6.25. The van der Waals surface area contributed by atoms with Crippen LogP contribution in [0.15, 0.2) is 42.9 Å². The Kier molecular flexibility index (Phi) is 6.89. The maximum absolute atomic E-state index is 6.25. The standard InChI is InChI=1S/C22H28ClN7S/c1-3-29-15-19(17(2)26-29)13-27-8-10-28(11-9-27)22(31)25-20-12-24-30(16-20)14-18-6-4-5-7-21(18)23/h4-7,12,15-16H,3,8-11,13-14H2,1-2H3,(H,25,31). The van der Waals surface area contributed by atoms with Crippen LogP contribution in [0.5, 0.6) is 0 Å². The van der Waals surface area contributed by atoms with Crippen LogP contribution in [0, 0.1) is 6.92 Å². The molecule has 7 nitrogen and oxygen atoms in total. The lowest BCUT2D eigenvalue weighted by atomic mass is 10.2. The van der Waals surface area contributed by atoms with E-state index in [0.29, 0.717) is 6.54 Å². The number of aromatic nitrogens is 4. The summed E-state index contributed by atoms with van der Waals surface area (Å²) in [6, 6.07) is 7.82.